The normalized spacial score (nSPS) is 14.0. The van der Waals surface area contributed by atoms with E-state index in [2.05, 4.69) is 21.2 Å². The van der Waals surface area contributed by atoms with Crippen LogP contribution in [0.15, 0.2) is 22.7 Å². The third-order valence-corrected chi connectivity index (χ3v) is 4.29. The largest absolute Gasteiger partial charge is 0.478 e. The molecule has 0 aliphatic carbocycles. The van der Waals surface area contributed by atoms with E-state index in [1.54, 1.807) is 30.0 Å². The maximum Gasteiger partial charge on any atom is 0.337 e. The molecule has 6 heteroatoms. The summed E-state index contributed by atoms with van der Waals surface area (Å²) in [6.07, 6.45) is 1.92. The number of carboxylic acids is 1. The Morgan fingerprint density at radius 3 is 2.72 bits per heavy atom. The topological polar surface area (TPSA) is 69.6 Å². The van der Waals surface area contributed by atoms with Gasteiger partial charge in [0.05, 0.1) is 12.2 Å². The van der Waals surface area contributed by atoms with Crippen molar-refractivity contribution in [3.8, 4) is 0 Å². The van der Waals surface area contributed by atoms with Gasteiger partial charge in [-0.05, 0) is 31.4 Å². The Labute approximate surface area is 119 Å². The monoisotopic (exact) mass is 333 g/mol. The second-order valence-electron chi connectivity index (χ2n) is 3.88. The standard InChI is InChI=1S/C12H16BrNO3S/c1-7(11(6-15)18-2)14-10-4-3-8(13)5-9(10)12(16)17/h3-5,7,11,14-15H,6H2,1-2H3,(H,16,17). The van der Waals surface area contributed by atoms with Crippen LogP contribution in [-0.2, 0) is 0 Å². The fourth-order valence-corrected chi connectivity index (χ4v) is 2.58. The van der Waals surface area contributed by atoms with Crippen LogP contribution < -0.4 is 5.32 Å². The van der Waals surface area contributed by atoms with Gasteiger partial charge in [-0.3, -0.25) is 0 Å². The van der Waals surface area contributed by atoms with Crippen molar-refractivity contribution in [3.63, 3.8) is 0 Å². The summed E-state index contributed by atoms with van der Waals surface area (Å²) in [5, 5.41) is 21.5. The van der Waals surface area contributed by atoms with Crippen molar-refractivity contribution >= 4 is 39.3 Å². The molecule has 0 aliphatic rings. The zero-order valence-corrected chi connectivity index (χ0v) is 12.6. The second-order valence-corrected chi connectivity index (χ2v) is 5.88. The summed E-state index contributed by atoms with van der Waals surface area (Å²) in [5.41, 5.74) is 0.778. The van der Waals surface area contributed by atoms with E-state index < -0.39 is 5.97 Å². The Balaban J connectivity index is 2.93. The first-order chi connectivity index (χ1) is 8.49. The van der Waals surface area contributed by atoms with Crippen LogP contribution >= 0.6 is 27.7 Å². The number of carbonyl (C=O) groups is 1. The molecule has 0 saturated carbocycles. The molecule has 2 atom stereocenters. The Morgan fingerprint density at radius 1 is 1.56 bits per heavy atom. The Morgan fingerprint density at radius 2 is 2.22 bits per heavy atom. The number of rotatable bonds is 6. The van der Waals surface area contributed by atoms with E-state index in [4.69, 9.17) is 5.11 Å². The van der Waals surface area contributed by atoms with Crippen molar-refractivity contribution < 1.29 is 15.0 Å². The highest BCUT2D eigenvalue weighted by Crippen LogP contribution is 2.23. The average Bonchev–Trinajstić information content (AvgIpc) is 2.32. The van der Waals surface area contributed by atoms with Crippen LogP contribution in [0.5, 0.6) is 0 Å². The van der Waals surface area contributed by atoms with E-state index in [-0.39, 0.29) is 23.5 Å². The second kappa shape index (κ2) is 7.01. The van der Waals surface area contributed by atoms with Crippen molar-refractivity contribution in [3.05, 3.63) is 28.2 Å². The molecule has 0 radical (unpaired) electrons. The summed E-state index contributed by atoms with van der Waals surface area (Å²) in [5.74, 6) is -0.976. The molecular formula is C12H16BrNO3S. The summed E-state index contributed by atoms with van der Waals surface area (Å²) in [4.78, 5) is 11.1. The van der Waals surface area contributed by atoms with Gasteiger partial charge >= 0.3 is 5.97 Å². The predicted molar refractivity (Wildman–Crippen MR) is 78.6 cm³/mol. The van der Waals surface area contributed by atoms with Crippen LogP contribution in [0.3, 0.4) is 0 Å². The third-order valence-electron chi connectivity index (χ3n) is 2.64. The van der Waals surface area contributed by atoms with Gasteiger partial charge in [-0.1, -0.05) is 15.9 Å². The highest BCUT2D eigenvalue weighted by atomic mass is 79.9. The molecule has 1 rings (SSSR count). The smallest absolute Gasteiger partial charge is 0.337 e. The molecule has 1 aromatic carbocycles. The Kier molecular flexibility index (Phi) is 5.98. The first kappa shape index (κ1) is 15.3. The van der Waals surface area contributed by atoms with Crippen LogP contribution in [0.1, 0.15) is 17.3 Å². The third kappa shape index (κ3) is 3.90. The molecule has 1 aromatic rings. The van der Waals surface area contributed by atoms with Crippen molar-refractivity contribution in [1.82, 2.24) is 0 Å². The molecular weight excluding hydrogens is 318 g/mol. The van der Waals surface area contributed by atoms with Crippen LogP contribution in [0.4, 0.5) is 5.69 Å². The molecule has 0 spiro atoms. The predicted octanol–water partition coefficient (Wildman–Crippen LogP) is 2.67. The molecule has 3 N–H and O–H groups in total. The van der Waals surface area contributed by atoms with Gasteiger partial charge in [0.25, 0.3) is 0 Å². The van der Waals surface area contributed by atoms with E-state index in [1.807, 2.05) is 13.2 Å². The minimum absolute atomic E-state index is 0.0234. The lowest BCUT2D eigenvalue weighted by molar-refractivity contribution is 0.0698. The number of hydrogen-bond acceptors (Lipinski definition) is 4. The first-order valence-corrected chi connectivity index (χ1v) is 7.50. The number of aliphatic hydroxyl groups is 1. The fourth-order valence-electron chi connectivity index (χ4n) is 1.59. The Bertz CT molecular complexity index is 424. The van der Waals surface area contributed by atoms with Crippen LogP contribution in [0.2, 0.25) is 0 Å². The number of nitrogens with one attached hydrogen (secondary N) is 1. The molecule has 100 valence electrons. The van der Waals surface area contributed by atoms with Gasteiger partial charge in [0.2, 0.25) is 0 Å². The fraction of sp³-hybridized carbons (Fsp3) is 0.417. The summed E-state index contributed by atoms with van der Waals surface area (Å²) >= 11 is 4.80. The number of aromatic carboxylic acids is 1. The van der Waals surface area contributed by atoms with Crippen LogP contribution in [0.25, 0.3) is 0 Å². The Hall–Kier alpha value is -0.720. The van der Waals surface area contributed by atoms with E-state index in [0.29, 0.717) is 5.69 Å². The van der Waals surface area contributed by atoms with Gasteiger partial charge in [-0.2, -0.15) is 11.8 Å². The average molecular weight is 334 g/mol. The number of carboxylic acid groups (broad SMARTS) is 1. The lowest BCUT2D eigenvalue weighted by Crippen LogP contribution is -2.31. The molecule has 2 unspecified atom stereocenters. The number of thioether (sulfide) groups is 1. The van der Waals surface area contributed by atoms with Gasteiger partial charge in [0.15, 0.2) is 0 Å². The number of aliphatic hydroxyl groups excluding tert-OH is 1. The molecule has 0 bridgehead atoms. The van der Waals surface area contributed by atoms with Gasteiger partial charge in [-0.25, -0.2) is 4.79 Å². The number of benzene rings is 1. The molecule has 18 heavy (non-hydrogen) atoms. The summed E-state index contributed by atoms with van der Waals surface area (Å²) in [7, 11) is 0. The lowest BCUT2D eigenvalue weighted by atomic mass is 10.1. The molecule has 0 aliphatic heterocycles. The first-order valence-electron chi connectivity index (χ1n) is 5.42. The summed E-state index contributed by atoms with van der Waals surface area (Å²) < 4.78 is 0.724. The van der Waals surface area contributed by atoms with Gasteiger partial charge < -0.3 is 15.5 Å². The lowest BCUT2D eigenvalue weighted by Gasteiger charge is -2.23. The maximum absolute atomic E-state index is 11.1. The van der Waals surface area contributed by atoms with Crippen molar-refractivity contribution in [1.29, 1.82) is 0 Å². The van der Waals surface area contributed by atoms with E-state index in [9.17, 15) is 9.90 Å². The number of hydrogen-bond donors (Lipinski definition) is 3. The molecule has 0 fully saturated rings. The number of halogens is 1. The highest BCUT2D eigenvalue weighted by Gasteiger charge is 2.18. The van der Waals surface area contributed by atoms with E-state index in [1.165, 1.54) is 0 Å². The number of anilines is 1. The highest BCUT2D eigenvalue weighted by molar-refractivity contribution is 9.10. The van der Waals surface area contributed by atoms with Gasteiger partial charge in [0.1, 0.15) is 0 Å². The molecule has 0 saturated heterocycles. The SMILES string of the molecule is CSC(CO)C(C)Nc1ccc(Br)cc1C(=O)O. The minimum atomic E-state index is -0.976. The van der Waals surface area contributed by atoms with Crippen molar-refractivity contribution in [2.45, 2.75) is 18.2 Å². The quantitative estimate of drug-likeness (QED) is 0.746. The van der Waals surface area contributed by atoms with Crippen LogP contribution in [0, 0.1) is 0 Å². The maximum atomic E-state index is 11.1. The van der Waals surface area contributed by atoms with Crippen LogP contribution in [-0.4, -0.2) is 40.3 Å². The van der Waals surface area contributed by atoms with E-state index in [0.717, 1.165) is 4.47 Å². The van der Waals surface area contributed by atoms with E-state index >= 15 is 0 Å². The molecule has 4 nitrogen and oxygen atoms in total. The molecule has 0 aromatic heterocycles. The van der Waals surface area contributed by atoms with Gasteiger partial charge in [-0.15, -0.1) is 0 Å². The summed E-state index contributed by atoms with van der Waals surface area (Å²) in [6, 6.07) is 5.04. The zero-order chi connectivity index (χ0) is 13.7. The van der Waals surface area contributed by atoms with Gasteiger partial charge in [0, 0.05) is 21.5 Å². The molecule has 0 amide bonds. The molecule has 0 heterocycles. The summed E-state index contributed by atoms with van der Waals surface area (Å²) in [6.45, 7) is 1.97. The zero-order valence-electron chi connectivity index (χ0n) is 10.2. The van der Waals surface area contributed by atoms with Crippen molar-refractivity contribution in [2.24, 2.45) is 0 Å². The minimum Gasteiger partial charge on any atom is -0.478 e. The van der Waals surface area contributed by atoms with Crippen molar-refractivity contribution in [2.75, 3.05) is 18.2 Å².